The lowest BCUT2D eigenvalue weighted by atomic mass is 10.0. The number of aromatic nitrogens is 9. The molecular formula is C56H53N15O10S6. The van der Waals surface area contributed by atoms with Gasteiger partial charge in [0.1, 0.15) is 100 Å². The number of rotatable bonds is 11. The molecule has 8 aromatic heterocycles. The lowest BCUT2D eigenvalue weighted by Crippen LogP contribution is -2.40. The minimum absolute atomic E-state index is 0.00267. The van der Waals surface area contributed by atoms with Crippen molar-refractivity contribution in [2.75, 3.05) is 27.2 Å². The first-order chi connectivity index (χ1) is 41.9. The molecule has 87 heavy (non-hydrogen) atoms. The first kappa shape index (κ1) is 60.3. The molecule has 11 rings (SSSR count). The van der Waals surface area contributed by atoms with Gasteiger partial charge in [0.15, 0.2) is 0 Å². The van der Waals surface area contributed by atoms with Crippen LogP contribution in [0.25, 0.3) is 49.2 Å². The molecule has 0 radical (unpaired) electrons. The highest BCUT2D eigenvalue weighted by molar-refractivity contribution is 7.15. The van der Waals surface area contributed by atoms with Crippen molar-refractivity contribution in [2.24, 2.45) is 5.92 Å². The fourth-order valence-corrected chi connectivity index (χ4v) is 15.2. The number of aryl methyl sites for hydroxylation is 1. The second-order valence-electron chi connectivity index (χ2n) is 20.3. The molecule has 2 aliphatic heterocycles. The van der Waals surface area contributed by atoms with Crippen molar-refractivity contribution in [1.29, 1.82) is 0 Å². The molecule has 25 nitrogen and oxygen atoms in total. The van der Waals surface area contributed by atoms with Gasteiger partial charge in [-0.1, -0.05) is 44.2 Å². The van der Waals surface area contributed by atoms with E-state index in [2.05, 4.69) is 31.6 Å². The van der Waals surface area contributed by atoms with Gasteiger partial charge in [-0.2, -0.15) is 0 Å². The van der Waals surface area contributed by atoms with Gasteiger partial charge in [0.05, 0.1) is 42.2 Å². The number of thiazole rings is 6. The number of hydrogen-bond acceptors (Lipinski definition) is 23. The van der Waals surface area contributed by atoms with E-state index in [0.29, 0.717) is 93.9 Å². The van der Waals surface area contributed by atoms with E-state index in [0.717, 1.165) is 11.3 Å². The Labute approximate surface area is 519 Å². The van der Waals surface area contributed by atoms with E-state index in [1.807, 2.05) is 13.8 Å². The predicted octanol–water partition coefficient (Wildman–Crippen LogP) is 7.19. The molecule has 1 aromatic carbocycles. The summed E-state index contributed by atoms with van der Waals surface area (Å²) in [4.78, 5) is 136. The van der Waals surface area contributed by atoms with Gasteiger partial charge in [-0.05, 0) is 43.4 Å². The average Bonchev–Trinajstić information content (AvgIpc) is 2.71. The highest BCUT2D eigenvalue weighted by Gasteiger charge is 2.36. The zero-order valence-electron chi connectivity index (χ0n) is 46.8. The second-order valence-corrected chi connectivity index (χ2v) is 26.1. The van der Waals surface area contributed by atoms with Crippen molar-refractivity contribution in [1.82, 2.24) is 75.9 Å². The first-order valence-corrected chi connectivity index (χ1v) is 32.1. The number of carboxylic acid groups (broad SMARTS) is 1. The Hall–Kier alpha value is -8.43. The highest BCUT2D eigenvalue weighted by Crippen LogP contribution is 2.40. The second kappa shape index (κ2) is 25.9. The number of carboxylic acids is 1. The van der Waals surface area contributed by atoms with E-state index in [1.165, 1.54) is 88.3 Å². The van der Waals surface area contributed by atoms with Gasteiger partial charge in [0, 0.05) is 58.9 Å². The number of methoxy groups -OCH3 is 1. The van der Waals surface area contributed by atoms with Crippen molar-refractivity contribution in [3.05, 3.63) is 130 Å². The van der Waals surface area contributed by atoms with E-state index in [1.54, 1.807) is 75.5 Å². The summed E-state index contributed by atoms with van der Waals surface area (Å²) in [6.45, 7) is 5.25. The Kier molecular flexibility index (Phi) is 17.9. The number of hydrogen-bond donors (Lipinski definition) is 7. The predicted molar refractivity (Wildman–Crippen MR) is 326 cm³/mol. The molecule has 2 aliphatic rings. The van der Waals surface area contributed by atoms with Crippen LogP contribution in [0.2, 0.25) is 0 Å². The van der Waals surface area contributed by atoms with Crippen molar-refractivity contribution >= 4 is 109 Å². The number of benzene rings is 1. The fourth-order valence-electron chi connectivity index (χ4n) is 9.67. The molecule has 0 saturated carbocycles. The summed E-state index contributed by atoms with van der Waals surface area (Å²) < 4.78 is 7.02. The Morgan fingerprint density at radius 1 is 0.747 bits per heavy atom. The number of imidazole rings is 1. The van der Waals surface area contributed by atoms with Crippen LogP contribution >= 0.6 is 68.0 Å². The summed E-state index contributed by atoms with van der Waals surface area (Å²) >= 11 is 7.20. The van der Waals surface area contributed by atoms with Crippen LogP contribution < -0.4 is 26.6 Å². The van der Waals surface area contributed by atoms with Crippen LogP contribution in [0.3, 0.4) is 0 Å². The minimum Gasteiger partial charge on any atom is -0.480 e. The molecule has 31 heteroatoms. The van der Waals surface area contributed by atoms with Crippen LogP contribution in [0.1, 0.15) is 130 Å². The maximum atomic E-state index is 14.4. The molecule has 7 N–H and O–H groups in total. The van der Waals surface area contributed by atoms with Crippen LogP contribution in [0, 0.1) is 12.8 Å². The normalized spacial score (nSPS) is 17.9. The number of ether oxygens (including phenoxy) is 1. The largest absolute Gasteiger partial charge is 0.480 e. The number of likely N-dealkylation sites (tertiary alicyclic amines) is 1. The van der Waals surface area contributed by atoms with Gasteiger partial charge in [0.2, 0.25) is 11.8 Å². The minimum atomic E-state index is -1.29. The molecule has 5 atom stereocenters. The molecule has 6 amide bonds. The number of nitrogens with zero attached hydrogens (tertiary/aromatic N) is 10. The summed E-state index contributed by atoms with van der Waals surface area (Å²) in [5.74, 6) is -4.30. The highest BCUT2D eigenvalue weighted by atomic mass is 32.1. The molecule has 10 bridgehead atoms. The summed E-state index contributed by atoms with van der Waals surface area (Å²) in [7, 11) is 2.94. The summed E-state index contributed by atoms with van der Waals surface area (Å²) in [6.07, 6.45) is 2.35. The maximum Gasteiger partial charge on any atom is 0.326 e. The lowest BCUT2D eigenvalue weighted by molar-refractivity contribution is -0.141. The fraction of sp³-hybridized carbons (Fsp3) is 0.304. The van der Waals surface area contributed by atoms with Crippen LogP contribution in [0.15, 0.2) is 76.5 Å². The van der Waals surface area contributed by atoms with Crippen LogP contribution in [0.4, 0.5) is 0 Å². The Bertz CT molecular complexity index is 4090. The van der Waals surface area contributed by atoms with E-state index >= 15 is 0 Å². The molecule has 1 fully saturated rings. The van der Waals surface area contributed by atoms with Gasteiger partial charge in [-0.3, -0.25) is 33.3 Å². The molecule has 448 valence electrons. The van der Waals surface area contributed by atoms with Gasteiger partial charge in [0.25, 0.3) is 23.6 Å². The smallest absolute Gasteiger partial charge is 0.326 e. The maximum absolute atomic E-state index is 14.4. The number of aliphatic hydroxyl groups excluding tert-OH is 1. The molecular weight excluding hydrogens is 1240 g/mol. The topological polar surface area (TPSA) is 341 Å². The Balaban J connectivity index is 0.975. The van der Waals surface area contributed by atoms with Crippen molar-refractivity contribution in [3.63, 3.8) is 0 Å². The molecule has 0 spiro atoms. The van der Waals surface area contributed by atoms with Gasteiger partial charge >= 0.3 is 5.97 Å². The zero-order chi connectivity index (χ0) is 61.2. The van der Waals surface area contributed by atoms with Gasteiger partial charge < -0.3 is 46.4 Å². The van der Waals surface area contributed by atoms with Crippen LogP contribution in [-0.2, 0) is 25.7 Å². The molecule has 0 aliphatic carbocycles. The third-order valence-electron chi connectivity index (χ3n) is 14.1. The standard InChI is InChI=1S/C56H53N15O10S6/c1-25(2)40-54-69-43(36(87-54)19-81-5)47(76)58-17-39(73)66-44(45(74)27-10-7-6-8-11-27)53-64-34(22-84-53)51-62-32(20-83-51)42-28(49-63-33(21-82-49)46(75)61-30(16-38(72)57-4)52-68-41(26(3)86-52)48(77)67-40)13-14-29(60-42)50-65-37(23-85-50)70-18-31(59-24-70)55(78)71-15-9-12-35(71)56(79)80/h6-8,10-11,13-14,18,20-25,30,35,40,44-45,74H,9,12,15-17,19H2,1-5H3,(H,57,72)(H,58,76)(H,61,75)(H,66,73)(H,67,77)(H,79,80)/t30-,35-,40-,44-,45-/m0/s1. The number of carbonyl (C=O) groups is 7. The summed E-state index contributed by atoms with van der Waals surface area (Å²) in [6, 6.07) is 8.55. The third kappa shape index (κ3) is 12.9. The molecule has 9 aromatic rings. The van der Waals surface area contributed by atoms with E-state index in [4.69, 9.17) is 39.6 Å². The Morgan fingerprint density at radius 3 is 2.25 bits per heavy atom. The van der Waals surface area contributed by atoms with E-state index < -0.39 is 78.2 Å². The van der Waals surface area contributed by atoms with Gasteiger partial charge in [-0.15, -0.1) is 68.0 Å². The first-order valence-electron chi connectivity index (χ1n) is 27.0. The number of carbonyl (C=O) groups excluding carboxylic acids is 6. The quantitative estimate of drug-likeness (QED) is 0.0673. The molecule has 1 saturated heterocycles. The monoisotopic (exact) mass is 1290 g/mol. The summed E-state index contributed by atoms with van der Waals surface area (Å²) in [5, 5.41) is 45.0. The van der Waals surface area contributed by atoms with Crippen molar-refractivity contribution in [2.45, 2.75) is 76.9 Å². The number of aliphatic carboxylic acids is 1. The number of fused-ring (bicyclic) bond motifs is 14. The number of nitrogens with one attached hydrogen (secondary N) is 5. The van der Waals surface area contributed by atoms with Gasteiger partial charge in [-0.25, -0.2) is 44.7 Å². The average molecular weight is 1290 g/mol. The summed E-state index contributed by atoms with van der Waals surface area (Å²) in [5.41, 5.74) is 2.75. The number of aliphatic hydroxyl groups is 1. The van der Waals surface area contributed by atoms with Crippen LogP contribution in [-0.4, -0.2) is 134 Å². The number of pyridine rings is 1. The van der Waals surface area contributed by atoms with E-state index in [-0.39, 0.29) is 46.7 Å². The molecule has 0 unspecified atom stereocenters. The van der Waals surface area contributed by atoms with Crippen molar-refractivity contribution in [3.8, 4) is 49.2 Å². The third-order valence-corrected chi connectivity index (χ3v) is 19.8. The number of amides is 6. The lowest BCUT2D eigenvalue weighted by Gasteiger charge is -2.23. The Morgan fingerprint density at radius 2 is 1.48 bits per heavy atom. The SMILES string of the molecule is CNC(=O)C[C@@H]1NC(=O)c2csc(n2)-c2ccc(-c3nc(-n4cnc(C(=O)N5CCC[C@H]5C(=O)O)c4)cs3)nc2-c2csc(n2)-c2csc(n2)[C@H]([C@@H](O)c2ccccc2)NC(=O)CNC(=O)c2nc(sc2COC)[C@H](C(C)C)NC(=O)c2nc1sc2C. The molecule has 10 heterocycles. The van der Waals surface area contributed by atoms with Crippen molar-refractivity contribution < 1.29 is 48.5 Å². The van der Waals surface area contributed by atoms with Crippen LogP contribution in [0.5, 0.6) is 0 Å². The van der Waals surface area contributed by atoms with E-state index in [9.17, 15) is 43.8 Å². The zero-order valence-corrected chi connectivity index (χ0v) is 51.7.